The third-order valence-electron chi connectivity index (χ3n) is 5.79. The van der Waals surface area contributed by atoms with Crippen LogP contribution in [0.15, 0.2) is 9.59 Å². The van der Waals surface area contributed by atoms with E-state index < -0.39 is 16.7 Å². The molecule has 3 rings (SSSR count). The number of nitrogens with zero attached hydrogens (tertiary/aromatic N) is 4. The summed E-state index contributed by atoms with van der Waals surface area (Å²) >= 11 is 0. The first-order valence-electron chi connectivity index (χ1n) is 11.2. The fraction of sp³-hybridized carbons (Fsp3) is 0.727. The molecule has 0 atom stereocenters. The zero-order valence-electron chi connectivity index (χ0n) is 19.0. The van der Waals surface area contributed by atoms with Crippen molar-refractivity contribution >= 4 is 17.1 Å². The van der Waals surface area contributed by atoms with E-state index in [0.29, 0.717) is 30.9 Å². The van der Waals surface area contributed by atoms with Crippen molar-refractivity contribution in [3.05, 3.63) is 26.7 Å². The van der Waals surface area contributed by atoms with Gasteiger partial charge in [-0.05, 0) is 46.5 Å². The highest BCUT2D eigenvalue weighted by atomic mass is 16.5. The zero-order chi connectivity index (χ0) is 22.8. The van der Waals surface area contributed by atoms with Gasteiger partial charge in [0.2, 0.25) is 0 Å². The van der Waals surface area contributed by atoms with Crippen molar-refractivity contribution in [3.8, 4) is 0 Å². The Bertz CT molecular complexity index is 1050. The third kappa shape index (κ3) is 4.61. The molecule has 1 saturated carbocycles. The SMILES string of the molecule is CCCn1c(=O)n(CCCO)c(=O)c2c1nc(C1CCCC1)n2COC(=O)C(C)(C)C. The minimum absolute atomic E-state index is 0.113. The number of aliphatic hydroxyl groups excluding tert-OH is 1. The molecule has 2 heterocycles. The zero-order valence-corrected chi connectivity index (χ0v) is 19.0. The summed E-state index contributed by atoms with van der Waals surface area (Å²) in [5, 5.41) is 9.22. The van der Waals surface area contributed by atoms with Crippen molar-refractivity contribution in [3.63, 3.8) is 0 Å². The molecule has 0 spiro atoms. The van der Waals surface area contributed by atoms with Gasteiger partial charge in [0, 0.05) is 25.6 Å². The lowest BCUT2D eigenvalue weighted by atomic mass is 9.98. The summed E-state index contributed by atoms with van der Waals surface area (Å²) < 4.78 is 9.97. The molecular formula is C22H34N4O5. The number of ether oxygens (including phenoxy) is 1. The Morgan fingerprint density at radius 2 is 1.81 bits per heavy atom. The van der Waals surface area contributed by atoms with Crippen molar-refractivity contribution in [2.24, 2.45) is 5.41 Å². The van der Waals surface area contributed by atoms with Crippen molar-refractivity contribution in [1.82, 2.24) is 18.7 Å². The number of carbonyl (C=O) groups excluding carboxylic acids is 1. The van der Waals surface area contributed by atoms with E-state index >= 15 is 0 Å². The summed E-state index contributed by atoms with van der Waals surface area (Å²) in [4.78, 5) is 43.6. The number of rotatable bonds is 8. The van der Waals surface area contributed by atoms with Crippen molar-refractivity contribution in [2.45, 2.75) is 92.0 Å². The van der Waals surface area contributed by atoms with Crippen LogP contribution in [0.3, 0.4) is 0 Å². The third-order valence-corrected chi connectivity index (χ3v) is 5.79. The first-order valence-corrected chi connectivity index (χ1v) is 11.2. The molecule has 1 fully saturated rings. The lowest BCUT2D eigenvalue weighted by molar-refractivity contribution is -0.156. The summed E-state index contributed by atoms with van der Waals surface area (Å²) in [5.41, 5.74) is -0.901. The largest absolute Gasteiger partial charge is 0.443 e. The Labute approximate surface area is 181 Å². The van der Waals surface area contributed by atoms with E-state index in [9.17, 15) is 19.5 Å². The lowest BCUT2D eigenvalue weighted by Crippen LogP contribution is -2.41. The second kappa shape index (κ2) is 9.38. The molecule has 2 aromatic rings. The van der Waals surface area contributed by atoms with E-state index in [-0.39, 0.29) is 37.3 Å². The minimum Gasteiger partial charge on any atom is -0.443 e. The number of fused-ring (bicyclic) bond motifs is 1. The van der Waals surface area contributed by atoms with Gasteiger partial charge in [-0.2, -0.15) is 0 Å². The first kappa shape index (κ1) is 23.2. The monoisotopic (exact) mass is 434 g/mol. The summed E-state index contributed by atoms with van der Waals surface area (Å²) in [6, 6.07) is 0. The molecule has 31 heavy (non-hydrogen) atoms. The van der Waals surface area contributed by atoms with Crippen molar-refractivity contribution < 1.29 is 14.6 Å². The highest BCUT2D eigenvalue weighted by Crippen LogP contribution is 2.34. The molecule has 0 aliphatic heterocycles. The van der Waals surface area contributed by atoms with Crippen LogP contribution in [-0.2, 0) is 29.4 Å². The van der Waals surface area contributed by atoms with Crippen LogP contribution < -0.4 is 11.2 Å². The normalized spacial score (nSPS) is 15.1. The number of aromatic nitrogens is 4. The molecule has 1 N–H and O–H groups in total. The van der Waals surface area contributed by atoms with E-state index in [1.54, 1.807) is 25.3 Å². The Hall–Kier alpha value is -2.42. The van der Waals surface area contributed by atoms with Crippen molar-refractivity contribution in [1.29, 1.82) is 0 Å². The Kier molecular flexibility index (Phi) is 7.03. The maximum atomic E-state index is 13.4. The Morgan fingerprint density at radius 3 is 2.39 bits per heavy atom. The average molecular weight is 435 g/mol. The predicted molar refractivity (Wildman–Crippen MR) is 117 cm³/mol. The van der Waals surface area contributed by atoms with Crippen LogP contribution in [0.2, 0.25) is 0 Å². The van der Waals surface area contributed by atoms with Gasteiger partial charge in [0.15, 0.2) is 17.9 Å². The topological polar surface area (TPSA) is 108 Å². The Balaban J connectivity index is 2.23. The number of imidazole rings is 1. The minimum atomic E-state index is -0.671. The molecular weight excluding hydrogens is 400 g/mol. The first-order chi connectivity index (χ1) is 14.7. The Morgan fingerprint density at radius 1 is 1.13 bits per heavy atom. The number of esters is 1. The van der Waals surface area contributed by atoms with Gasteiger partial charge in [0.1, 0.15) is 5.82 Å². The van der Waals surface area contributed by atoms with Gasteiger partial charge in [0.25, 0.3) is 5.56 Å². The lowest BCUT2D eigenvalue weighted by Gasteiger charge is -2.19. The summed E-state index contributed by atoms with van der Waals surface area (Å²) in [6.45, 7) is 7.62. The number of aliphatic hydroxyl groups is 1. The van der Waals surface area contributed by atoms with Crippen LogP contribution >= 0.6 is 0 Å². The molecule has 172 valence electrons. The van der Waals surface area contributed by atoms with E-state index in [0.717, 1.165) is 30.3 Å². The number of aryl methyl sites for hydroxylation is 1. The fourth-order valence-electron chi connectivity index (χ4n) is 4.12. The standard InChI is InChI=1S/C22H34N4O5/c1-5-11-24-18-16(19(28)25(21(24)30)12-8-13-27)26(14-31-20(29)22(2,3)4)17(23-18)15-9-6-7-10-15/h15,27H,5-14H2,1-4H3. The van der Waals surface area contributed by atoms with Gasteiger partial charge >= 0.3 is 11.7 Å². The fourth-order valence-corrected chi connectivity index (χ4v) is 4.12. The smallest absolute Gasteiger partial charge is 0.332 e. The van der Waals surface area contributed by atoms with E-state index in [1.807, 2.05) is 6.92 Å². The molecule has 0 aromatic carbocycles. The highest BCUT2D eigenvalue weighted by molar-refractivity contribution is 5.75. The van der Waals surface area contributed by atoms with Gasteiger partial charge in [-0.15, -0.1) is 0 Å². The summed E-state index contributed by atoms with van der Waals surface area (Å²) in [5.74, 6) is 0.501. The van der Waals surface area contributed by atoms with Crippen LogP contribution in [0.1, 0.15) is 78.0 Å². The van der Waals surface area contributed by atoms with Gasteiger partial charge in [-0.1, -0.05) is 19.8 Å². The highest BCUT2D eigenvalue weighted by Gasteiger charge is 2.29. The molecule has 1 aliphatic carbocycles. The average Bonchev–Trinajstić information content (AvgIpc) is 3.36. The summed E-state index contributed by atoms with van der Waals surface area (Å²) in [6.07, 6.45) is 5.07. The van der Waals surface area contributed by atoms with Crippen LogP contribution in [-0.4, -0.2) is 36.4 Å². The summed E-state index contributed by atoms with van der Waals surface area (Å²) in [7, 11) is 0. The van der Waals surface area contributed by atoms with E-state index in [1.165, 1.54) is 4.57 Å². The molecule has 9 heteroatoms. The van der Waals surface area contributed by atoms with E-state index in [4.69, 9.17) is 9.72 Å². The number of carbonyl (C=O) groups is 1. The van der Waals surface area contributed by atoms with Gasteiger partial charge in [-0.25, -0.2) is 9.78 Å². The van der Waals surface area contributed by atoms with Gasteiger partial charge in [-0.3, -0.25) is 23.3 Å². The van der Waals surface area contributed by atoms with Crippen LogP contribution in [0.5, 0.6) is 0 Å². The van der Waals surface area contributed by atoms with Crippen LogP contribution in [0.25, 0.3) is 11.2 Å². The van der Waals surface area contributed by atoms with Gasteiger partial charge in [0.05, 0.1) is 5.41 Å². The molecule has 9 nitrogen and oxygen atoms in total. The van der Waals surface area contributed by atoms with Crippen LogP contribution in [0, 0.1) is 5.41 Å². The molecule has 1 aliphatic rings. The molecule has 0 radical (unpaired) electrons. The molecule has 0 amide bonds. The number of hydrogen-bond acceptors (Lipinski definition) is 6. The molecule has 0 saturated heterocycles. The van der Waals surface area contributed by atoms with Crippen LogP contribution in [0.4, 0.5) is 0 Å². The van der Waals surface area contributed by atoms with Gasteiger partial charge < -0.3 is 9.84 Å². The molecule has 2 aromatic heterocycles. The van der Waals surface area contributed by atoms with E-state index in [2.05, 4.69) is 0 Å². The quantitative estimate of drug-likeness (QED) is 0.639. The maximum absolute atomic E-state index is 13.4. The second-order valence-corrected chi connectivity index (χ2v) is 9.33. The number of hydrogen-bond donors (Lipinski definition) is 1. The van der Waals surface area contributed by atoms with Crippen molar-refractivity contribution in [2.75, 3.05) is 6.61 Å². The molecule has 0 bridgehead atoms. The predicted octanol–water partition coefficient (Wildman–Crippen LogP) is 2.36. The second-order valence-electron chi connectivity index (χ2n) is 9.33. The maximum Gasteiger partial charge on any atom is 0.332 e. The molecule has 0 unspecified atom stereocenters.